The molecular formula is C14H17N3O3S. The van der Waals surface area contributed by atoms with Gasteiger partial charge in [-0.15, -0.1) is 11.3 Å². The summed E-state index contributed by atoms with van der Waals surface area (Å²) < 4.78 is 5.15. The highest BCUT2D eigenvalue weighted by Gasteiger charge is 2.32. The highest BCUT2D eigenvalue weighted by atomic mass is 32.1. The molecule has 0 saturated carbocycles. The molecule has 21 heavy (non-hydrogen) atoms. The van der Waals surface area contributed by atoms with Gasteiger partial charge in [-0.05, 0) is 13.0 Å². The normalized spacial score (nSPS) is 21.6. The Kier molecular flexibility index (Phi) is 3.79. The lowest BCUT2D eigenvalue weighted by Gasteiger charge is -2.20. The Labute approximate surface area is 126 Å². The minimum atomic E-state index is -0.947. The molecule has 3 rings (SSSR count). The number of hydrogen-bond acceptors (Lipinski definition) is 5. The van der Waals surface area contributed by atoms with Gasteiger partial charge in [0.15, 0.2) is 0 Å². The van der Waals surface area contributed by atoms with Crippen molar-refractivity contribution in [3.05, 3.63) is 28.3 Å². The van der Waals surface area contributed by atoms with Crippen LogP contribution >= 0.6 is 11.3 Å². The number of carbonyl (C=O) groups excluding carboxylic acids is 1. The maximum Gasteiger partial charge on any atom is 0.267 e. The first-order valence-electron chi connectivity index (χ1n) is 6.75. The predicted octanol–water partition coefficient (Wildman–Crippen LogP) is 1.33. The van der Waals surface area contributed by atoms with Crippen LogP contribution in [0.3, 0.4) is 0 Å². The Morgan fingerprint density at radius 3 is 3.19 bits per heavy atom. The van der Waals surface area contributed by atoms with Gasteiger partial charge in [0.2, 0.25) is 0 Å². The third-order valence-electron chi connectivity index (χ3n) is 3.50. The summed E-state index contributed by atoms with van der Waals surface area (Å²) in [6, 6.07) is 1.76. The number of ether oxygens (including phenoxy) is 1. The minimum Gasteiger partial charge on any atom is -0.386 e. The van der Waals surface area contributed by atoms with E-state index in [-0.39, 0.29) is 19.1 Å². The van der Waals surface area contributed by atoms with Gasteiger partial charge in [0.1, 0.15) is 11.3 Å². The molecule has 6 nitrogen and oxygen atoms in total. The van der Waals surface area contributed by atoms with E-state index in [1.54, 1.807) is 23.6 Å². The van der Waals surface area contributed by atoms with Gasteiger partial charge in [-0.1, -0.05) is 0 Å². The van der Waals surface area contributed by atoms with Crippen molar-refractivity contribution in [1.82, 2.24) is 15.3 Å². The molecule has 0 aliphatic carbocycles. The average Bonchev–Trinajstić information content (AvgIpc) is 3.16. The molecule has 1 atom stereocenters. The van der Waals surface area contributed by atoms with Gasteiger partial charge in [-0.2, -0.15) is 0 Å². The van der Waals surface area contributed by atoms with Crippen molar-refractivity contribution in [3.63, 3.8) is 0 Å². The number of aryl methyl sites for hydroxylation is 1. The second-order valence-corrected chi connectivity index (χ2v) is 6.33. The fourth-order valence-corrected chi connectivity index (χ4v) is 2.87. The van der Waals surface area contributed by atoms with Crippen LogP contribution < -0.4 is 5.32 Å². The van der Waals surface area contributed by atoms with E-state index in [0.717, 1.165) is 16.3 Å². The molecule has 2 aromatic heterocycles. The van der Waals surface area contributed by atoms with Crippen molar-refractivity contribution in [3.8, 4) is 11.3 Å². The quantitative estimate of drug-likeness (QED) is 0.795. The fraction of sp³-hybridized carbons (Fsp3) is 0.429. The molecule has 1 aliphatic rings. The predicted molar refractivity (Wildman–Crippen MR) is 79.4 cm³/mol. The summed E-state index contributed by atoms with van der Waals surface area (Å²) in [5.41, 5.74) is 1.25. The maximum absolute atomic E-state index is 12.1. The molecule has 1 fully saturated rings. The van der Waals surface area contributed by atoms with Crippen molar-refractivity contribution in [2.24, 2.45) is 0 Å². The molecule has 112 valence electrons. The molecule has 2 aromatic rings. The van der Waals surface area contributed by atoms with Gasteiger partial charge >= 0.3 is 0 Å². The van der Waals surface area contributed by atoms with Crippen molar-refractivity contribution in [2.45, 2.75) is 18.9 Å². The molecule has 1 unspecified atom stereocenters. The number of aromatic nitrogens is 2. The Morgan fingerprint density at radius 1 is 1.67 bits per heavy atom. The van der Waals surface area contributed by atoms with E-state index in [4.69, 9.17) is 4.74 Å². The smallest absolute Gasteiger partial charge is 0.267 e. The summed E-state index contributed by atoms with van der Waals surface area (Å²) in [6.07, 6.45) is 2.30. The second kappa shape index (κ2) is 5.59. The monoisotopic (exact) mass is 307 g/mol. The van der Waals surface area contributed by atoms with E-state index < -0.39 is 5.60 Å². The third kappa shape index (κ3) is 3.15. The number of nitrogens with one attached hydrogen (secondary N) is 2. The fourth-order valence-electron chi connectivity index (χ4n) is 2.25. The van der Waals surface area contributed by atoms with E-state index in [9.17, 15) is 9.90 Å². The van der Waals surface area contributed by atoms with E-state index in [0.29, 0.717) is 18.7 Å². The van der Waals surface area contributed by atoms with Crippen molar-refractivity contribution in [1.29, 1.82) is 0 Å². The molecule has 0 aromatic carbocycles. The van der Waals surface area contributed by atoms with Crippen LogP contribution in [0.1, 0.15) is 21.9 Å². The Hall–Kier alpha value is -1.70. The number of amides is 1. The largest absolute Gasteiger partial charge is 0.386 e. The SMILES string of the molecule is Cc1nc(-c2c[nH]c(C(=O)NCC3(O)CCOC3)c2)cs1. The molecule has 0 radical (unpaired) electrons. The highest BCUT2D eigenvalue weighted by molar-refractivity contribution is 7.09. The summed E-state index contributed by atoms with van der Waals surface area (Å²) in [6.45, 7) is 2.93. The van der Waals surface area contributed by atoms with Crippen LogP contribution in [0.15, 0.2) is 17.6 Å². The zero-order valence-electron chi connectivity index (χ0n) is 11.7. The Balaban J connectivity index is 1.64. The summed E-state index contributed by atoms with van der Waals surface area (Å²) in [5, 5.41) is 15.8. The number of H-pyrrole nitrogens is 1. The van der Waals surface area contributed by atoms with Gasteiger partial charge in [-0.25, -0.2) is 4.98 Å². The van der Waals surface area contributed by atoms with Crippen LogP contribution in [0.5, 0.6) is 0 Å². The lowest BCUT2D eigenvalue weighted by atomic mass is 10.0. The van der Waals surface area contributed by atoms with Crippen LogP contribution in [0.25, 0.3) is 11.3 Å². The zero-order valence-corrected chi connectivity index (χ0v) is 12.5. The van der Waals surface area contributed by atoms with E-state index in [1.165, 1.54) is 0 Å². The summed E-state index contributed by atoms with van der Waals surface area (Å²) in [7, 11) is 0. The molecule has 3 heterocycles. The van der Waals surface area contributed by atoms with Gasteiger partial charge in [0.05, 0.1) is 17.3 Å². The topological polar surface area (TPSA) is 87.2 Å². The minimum absolute atomic E-state index is 0.190. The lowest BCUT2D eigenvalue weighted by Crippen LogP contribution is -2.43. The second-order valence-electron chi connectivity index (χ2n) is 5.26. The van der Waals surface area contributed by atoms with Crippen molar-refractivity contribution < 1.29 is 14.6 Å². The van der Waals surface area contributed by atoms with Crippen LogP contribution in [-0.4, -0.2) is 46.3 Å². The number of aliphatic hydroxyl groups is 1. The van der Waals surface area contributed by atoms with Gasteiger partial charge < -0.3 is 20.1 Å². The number of thiazole rings is 1. The number of rotatable bonds is 4. The third-order valence-corrected chi connectivity index (χ3v) is 4.28. The lowest BCUT2D eigenvalue weighted by molar-refractivity contribution is 0.0264. The van der Waals surface area contributed by atoms with Gasteiger partial charge in [-0.3, -0.25) is 4.79 Å². The zero-order chi connectivity index (χ0) is 14.9. The summed E-state index contributed by atoms with van der Waals surface area (Å²) >= 11 is 1.57. The van der Waals surface area contributed by atoms with Crippen LogP contribution in [0, 0.1) is 6.92 Å². The van der Waals surface area contributed by atoms with Crippen molar-refractivity contribution >= 4 is 17.2 Å². The van der Waals surface area contributed by atoms with E-state index in [1.807, 2.05) is 12.3 Å². The number of aromatic amines is 1. The van der Waals surface area contributed by atoms with E-state index >= 15 is 0 Å². The molecule has 0 bridgehead atoms. The number of nitrogens with zero attached hydrogens (tertiary/aromatic N) is 1. The van der Waals surface area contributed by atoms with Crippen molar-refractivity contribution in [2.75, 3.05) is 19.8 Å². The first-order valence-corrected chi connectivity index (χ1v) is 7.63. The molecular weight excluding hydrogens is 290 g/mol. The first-order chi connectivity index (χ1) is 10.1. The Morgan fingerprint density at radius 2 is 2.52 bits per heavy atom. The van der Waals surface area contributed by atoms with E-state index in [2.05, 4.69) is 15.3 Å². The Bertz CT molecular complexity index is 643. The van der Waals surface area contributed by atoms with Crippen LogP contribution in [0.4, 0.5) is 0 Å². The summed E-state index contributed by atoms with van der Waals surface area (Å²) in [4.78, 5) is 19.4. The standard InChI is InChI=1S/C14H17N3O3S/c1-9-17-12(6-21-9)10-4-11(15-5-10)13(18)16-7-14(19)2-3-20-8-14/h4-6,15,19H,2-3,7-8H2,1H3,(H,16,18). The highest BCUT2D eigenvalue weighted by Crippen LogP contribution is 2.22. The molecule has 1 amide bonds. The average molecular weight is 307 g/mol. The molecule has 7 heteroatoms. The molecule has 1 aliphatic heterocycles. The molecule has 3 N–H and O–H groups in total. The van der Waals surface area contributed by atoms with Gasteiger partial charge in [0, 0.05) is 36.7 Å². The van der Waals surface area contributed by atoms with Crippen LogP contribution in [-0.2, 0) is 4.74 Å². The number of carbonyl (C=O) groups is 1. The number of hydrogen-bond donors (Lipinski definition) is 3. The van der Waals surface area contributed by atoms with Gasteiger partial charge in [0.25, 0.3) is 5.91 Å². The molecule has 0 spiro atoms. The maximum atomic E-state index is 12.1. The van der Waals surface area contributed by atoms with Crippen LogP contribution in [0.2, 0.25) is 0 Å². The molecule has 1 saturated heterocycles. The summed E-state index contributed by atoms with van der Waals surface area (Å²) in [5.74, 6) is -0.242. The first kappa shape index (κ1) is 14.2.